The van der Waals surface area contributed by atoms with Crippen LogP contribution in [-0.2, 0) is 23.2 Å². The van der Waals surface area contributed by atoms with Crippen LogP contribution in [-0.4, -0.2) is 48.0 Å². The molecule has 50 heavy (non-hydrogen) atoms. The summed E-state index contributed by atoms with van der Waals surface area (Å²) in [5.74, 6) is 0.860. The molecule has 0 spiro atoms. The zero-order chi connectivity index (χ0) is 35.0. The van der Waals surface area contributed by atoms with Gasteiger partial charge in [-0.1, -0.05) is 24.3 Å². The summed E-state index contributed by atoms with van der Waals surface area (Å²) in [4.78, 5) is 21.5. The Kier molecular flexibility index (Phi) is 17.4. The van der Waals surface area contributed by atoms with Crippen molar-refractivity contribution < 1.29 is 154 Å². The van der Waals surface area contributed by atoms with Gasteiger partial charge in [0.25, 0.3) is 5.91 Å². The molecule has 0 atom stereocenters. The molecule has 0 aliphatic carbocycles. The third-order valence-electron chi connectivity index (χ3n) is 7.04. The molecule has 1 amide bonds. The van der Waals surface area contributed by atoms with Crippen molar-refractivity contribution in [3.8, 4) is 28.6 Å². The van der Waals surface area contributed by atoms with Crippen LogP contribution in [0.5, 0.6) is 17.2 Å². The summed E-state index contributed by atoms with van der Waals surface area (Å²) in [6, 6.07) is 23.0. The van der Waals surface area contributed by atoms with Crippen LogP contribution in [0.15, 0.2) is 89.3 Å². The fourth-order valence-corrected chi connectivity index (χ4v) is 5.62. The van der Waals surface area contributed by atoms with E-state index in [0.717, 1.165) is 11.8 Å². The number of fused-ring (bicyclic) bond motifs is 1. The van der Waals surface area contributed by atoms with E-state index >= 15 is 0 Å². The monoisotopic (exact) mass is 756 g/mol. The van der Waals surface area contributed by atoms with Gasteiger partial charge in [-0.05, 0) is 71.9 Å². The Morgan fingerprint density at radius 2 is 1.38 bits per heavy atom. The fraction of sp³-hybridized carbons (Fsp3) is 0.176. The molecule has 4 aromatic carbocycles. The second-order valence-electron chi connectivity index (χ2n) is 10.2. The van der Waals surface area contributed by atoms with Crippen molar-refractivity contribution in [1.29, 1.82) is 0 Å². The standard InChI is InChI=1S/C33H31FN2O7S.CH2O3.2K/c1-35-33(37)31-27-17-30(42-20-22-7-15-26(41-3)16-8-22)28(18-29(27)43-32(31)23-9-11-24(34)12-10-23)36(44(4,38)39)19-21-5-13-25(40-2)14-6-21;2-1(3)4;;/h5-18H,19-20H2,1-4H3,(H,35,37);(H2,2,3,4);;/q;;2*+1/p-2. The third-order valence-corrected chi connectivity index (χ3v) is 8.16. The van der Waals surface area contributed by atoms with Crippen LogP contribution in [0.3, 0.4) is 0 Å². The number of anilines is 1. The van der Waals surface area contributed by atoms with Crippen LogP contribution < -0.4 is 137 Å². The molecule has 1 aromatic heterocycles. The van der Waals surface area contributed by atoms with E-state index in [4.69, 9.17) is 33.6 Å². The van der Waals surface area contributed by atoms with Crippen LogP contribution in [0.2, 0.25) is 0 Å². The predicted octanol–water partition coefficient (Wildman–Crippen LogP) is -2.28. The molecular weight excluding hydrogens is 726 g/mol. The van der Waals surface area contributed by atoms with Gasteiger partial charge >= 0.3 is 103 Å². The van der Waals surface area contributed by atoms with E-state index in [1.54, 1.807) is 62.8 Å². The minimum Gasteiger partial charge on any atom is -0.652 e. The van der Waals surface area contributed by atoms with Gasteiger partial charge in [-0.25, -0.2) is 12.8 Å². The fourth-order valence-electron chi connectivity index (χ4n) is 4.74. The molecule has 16 heteroatoms. The van der Waals surface area contributed by atoms with Gasteiger partial charge in [-0.15, -0.1) is 0 Å². The van der Waals surface area contributed by atoms with Gasteiger partial charge in [-0.3, -0.25) is 9.10 Å². The van der Waals surface area contributed by atoms with Crippen molar-refractivity contribution in [1.82, 2.24) is 5.32 Å². The summed E-state index contributed by atoms with van der Waals surface area (Å²) in [5.41, 5.74) is 2.65. The first-order valence-electron chi connectivity index (χ1n) is 14.2. The van der Waals surface area contributed by atoms with E-state index < -0.39 is 27.9 Å². The first kappa shape index (κ1) is 43.7. The molecule has 0 radical (unpaired) electrons. The molecular formula is C34H31FK2N2O10S. The third kappa shape index (κ3) is 11.5. The zero-order valence-electron chi connectivity index (χ0n) is 28.3. The molecule has 0 saturated carbocycles. The Labute approximate surface area is 373 Å². The Morgan fingerprint density at radius 1 is 0.860 bits per heavy atom. The number of sulfonamides is 1. The molecule has 0 aliphatic rings. The van der Waals surface area contributed by atoms with Crippen LogP contribution in [0.25, 0.3) is 22.3 Å². The number of methoxy groups -OCH3 is 2. The summed E-state index contributed by atoms with van der Waals surface area (Å²) < 4.78 is 64.4. The van der Waals surface area contributed by atoms with E-state index in [-0.39, 0.29) is 144 Å². The Balaban J connectivity index is 0.00000137. The van der Waals surface area contributed by atoms with Crippen LogP contribution in [0.4, 0.5) is 14.9 Å². The quantitative estimate of drug-likeness (QED) is 0.145. The maximum atomic E-state index is 13.7. The first-order valence-corrected chi connectivity index (χ1v) is 16.0. The number of rotatable bonds is 11. The molecule has 1 heterocycles. The smallest absolute Gasteiger partial charge is 0.652 e. The number of carbonyl (C=O) groups is 2. The number of benzene rings is 4. The second-order valence-corrected chi connectivity index (χ2v) is 12.1. The van der Waals surface area contributed by atoms with Gasteiger partial charge in [0.1, 0.15) is 41.0 Å². The number of hydrogen-bond acceptors (Lipinski definition) is 10. The number of halogens is 1. The number of nitrogens with zero attached hydrogens (tertiary/aromatic N) is 1. The van der Waals surface area contributed by atoms with Gasteiger partial charge in [0.2, 0.25) is 10.0 Å². The number of carboxylic acid groups (broad SMARTS) is 2. The summed E-state index contributed by atoms with van der Waals surface area (Å²) in [6.45, 7) is 0.0850. The van der Waals surface area contributed by atoms with E-state index in [1.165, 1.54) is 35.6 Å². The van der Waals surface area contributed by atoms with Crippen molar-refractivity contribution in [3.63, 3.8) is 0 Å². The van der Waals surface area contributed by atoms with E-state index in [2.05, 4.69) is 5.32 Å². The van der Waals surface area contributed by atoms with Crippen molar-refractivity contribution in [2.24, 2.45) is 0 Å². The average Bonchev–Trinajstić information content (AvgIpc) is 3.43. The minimum absolute atomic E-state index is 0. The maximum Gasteiger partial charge on any atom is 1.00 e. The number of amides is 1. The van der Waals surface area contributed by atoms with E-state index in [0.29, 0.717) is 28.0 Å². The molecule has 1 N–H and O–H groups in total. The van der Waals surface area contributed by atoms with Gasteiger partial charge in [0.15, 0.2) is 0 Å². The van der Waals surface area contributed by atoms with Crippen molar-refractivity contribution >= 4 is 38.7 Å². The summed E-state index contributed by atoms with van der Waals surface area (Å²) >= 11 is 0. The largest absolute Gasteiger partial charge is 1.00 e. The summed E-state index contributed by atoms with van der Waals surface area (Å²) in [7, 11) is 0.764. The van der Waals surface area contributed by atoms with Crippen LogP contribution in [0.1, 0.15) is 21.5 Å². The van der Waals surface area contributed by atoms with Crippen molar-refractivity contribution in [2.45, 2.75) is 13.2 Å². The number of hydrogen-bond donors (Lipinski definition) is 1. The van der Waals surface area contributed by atoms with Gasteiger partial charge < -0.3 is 39.0 Å². The molecule has 5 rings (SSSR count). The molecule has 5 aromatic rings. The molecule has 0 fully saturated rings. The van der Waals surface area contributed by atoms with Crippen LogP contribution >= 0.6 is 0 Å². The van der Waals surface area contributed by atoms with Crippen molar-refractivity contribution in [3.05, 3.63) is 107 Å². The molecule has 12 nitrogen and oxygen atoms in total. The first-order chi connectivity index (χ1) is 22.8. The molecule has 0 unspecified atom stereocenters. The van der Waals surface area contributed by atoms with Gasteiger partial charge in [0, 0.05) is 24.1 Å². The van der Waals surface area contributed by atoms with Gasteiger partial charge in [0.05, 0.1) is 38.3 Å². The SMILES string of the molecule is CNC(=O)c1c(-c2ccc(F)cc2)oc2cc(N(Cc3ccc(OC)cc3)S(C)(=O)=O)c(OCc3ccc(OC)cc3)cc12.O=C([O-])[O-].[K+].[K+]. The molecule has 252 valence electrons. The maximum absolute atomic E-state index is 13.7. The minimum atomic E-state index is -3.85. The Bertz CT molecular complexity index is 2000. The summed E-state index contributed by atoms with van der Waals surface area (Å²) in [6.07, 6.45) is -1.23. The molecule has 0 saturated heterocycles. The van der Waals surface area contributed by atoms with Gasteiger partial charge in [-0.2, -0.15) is 0 Å². The number of furan rings is 1. The normalized spacial score (nSPS) is 10.4. The Morgan fingerprint density at radius 3 is 1.86 bits per heavy atom. The Hall–Kier alpha value is -2.49. The summed E-state index contributed by atoms with van der Waals surface area (Å²) in [5, 5.41) is 19.7. The molecule has 0 aliphatic heterocycles. The second kappa shape index (κ2) is 19.9. The average molecular weight is 757 g/mol. The van der Waals surface area contributed by atoms with Crippen molar-refractivity contribution in [2.75, 3.05) is 31.8 Å². The predicted molar refractivity (Wildman–Crippen MR) is 172 cm³/mol. The van der Waals surface area contributed by atoms with Crippen LogP contribution in [0, 0.1) is 5.82 Å². The van der Waals surface area contributed by atoms with E-state index in [1.807, 2.05) is 12.1 Å². The zero-order valence-corrected chi connectivity index (χ0v) is 35.4. The topological polar surface area (TPSA) is 170 Å². The molecule has 0 bridgehead atoms. The number of carbonyl (C=O) groups excluding carboxylic acids is 2. The number of ether oxygens (including phenoxy) is 3. The number of nitrogens with one attached hydrogen (secondary N) is 1. The van der Waals surface area contributed by atoms with E-state index in [9.17, 15) is 17.6 Å².